The molecule has 1 rings (SSSR count). The van der Waals surface area contributed by atoms with Crippen molar-refractivity contribution in [1.29, 1.82) is 5.39 Å². The van der Waals surface area contributed by atoms with E-state index >= 15 is 0 Å². The molecule has 0 aliphatic heterocycles. The van der Waals surface area contributed by atoms with Gasteiger partial charge in [-0.3, -0.25) is 9.90 Å². The Kier molecular flexibility index (Phi) is 6.43. The molecule has 0 saturated carbocycles. The van der Waals surface area contributed by atoms with E-state index in [1.165, 1.54) is 0 Å². The van der Waals surface area contributed by atoms with E-state index in [4.69, 9.17) is 10.2 Å². The first kappa shape index (κ1) is 13.7. The molecule has 15 heavy (non-hydrogen) atoms. The molecule has 0 unspecified atom stereocenters. The second-order valence-electron chi connectivity index (χ2n) is 2.73. The van der Waals surface area contributed by atoms with Crippen LogP contribution in [0.25, 0.3) is 4.98 Å². The summed E-state index contributed by atoms with van der Waals surface area (Å²) in [5.41, 5.74) is 1.50. The van der Waals surface area contributed by atoms with Gasteiger partial charge in [0.05, 0.1) is 12.3 Å². The van der Waals surface area contributed by atoms with E-state index in [0.717, 1.165) is 12.2 Å². The molecule has 0 radical (unpaired) electrons. The van der Waals surface area contributed by atoms with Crippen molar-refractivity contribution >= 4 is 11.4 Å². The van der Waals surface area contributed by atoms with Crippen molar-refractivity contribution < 1.29 is 17.2 Å². The van der Waals surface area contributed by atoms with E-state index in [9.17, 15) is 0 Å². The molecule has 0 aliphatic rings. The third-order valence-corrected chi connectivity index (χ3v) is 1.83. The van der Waals surface area contributed by atoms with E-state index in [2.05, 4.69) is 4.98 Å². The maximum atomic E-state index is 8.51. The van der Waals surface area contributed by atoms with E-state index in [0.29, 0.717) is 12.3 Å². The molecule has 0 spiro atoms. The van der Waals surface area contributed by atoms with Gasteiger partial charge in [-0.25, -0.2) is 0 Å². The van der Waals surface area contributed by atoms with Gasteiger partial charge in [-0.05, 0) is 26.0 Å². The maximum absolute atomic E-state index is 8.51. The van der Waals surface area contributed by atoms with Crippen LogP contribution in [0.4, 0.5) is 11.4 Å². The number of hydrogen-bond acceptors (Lipinski definition) is 3. The predicted octanol–water partition coefficient (Wildman–Crippen LogP) is -0.0470. The molecule has 0 aliphatic carbocycles. The summed E-state index contributed by atoms with van der Waals surface area (Å²) in [6.07, 6.45) is 0. The lowest BCUT2D eigenvalue weighted by molar-refractivity contribution is -0.00000425. The van der Waals surface area contributed by atoms with Crippen molar-refractivity contribution in [3.8, 4) is 0 Å². The second-order valence-corrected chi connectivity index (χ2v) is 2.73. The summed E-state index contributed by atoms with van der Waals surface area (Å²) in [5, 5.41) is 10.3. The van der Waals surface area contributed by atoms with Crippen LogP contribution in [0.15, 0.2) is 24.3 Å². The number of hydrogen-bond donors (Lipinski definition) is 0. The molecule has 0 aromatic heterocycles. The summed E-state index contributed by atoms with van der Waals surface area (Å²) in [7, 11) is 0. The highest BCUT2D eigenvalue weighted by atomic mass is 35.5. The zero-order chi connectivity index (χ0) is 10.4. The lowest BCUT2D eigenvalue weighted by atomic mass is 10.3. The van der Waals surface area contributed by atoms with Gasteiger partial charge in [-0.15, -0.1) is 0 Å². The van der Waals surface area contributed by atoms with Gasteiger partial charge in [0.25, 0.3) is 0 Å². The Morgan fingerprint density at radius 1 is 1.27 bits per heavy atom. The fourth-order valence-corrected chi connectivity index (χ4v) is 1.19. The molecule has 0 heterocycles. The molecular weight excluding hydrogens is 214 g/mol. The minimum atomic E-state index is 0. The Hall–Kier alpha value is -1.31. The highest BCUT2D eigenvalue weighted by Gasteiger charge is 2.07. The standard InChI is InChI=1S/C10H14N3O.ClH/c1-3-13(14-4-2)10-7-5-9(12-11)6-8-10;/h5-8H,3-4H2,1-2H3;1H/q+1;/p-1. The summed E-state index contributed by atoms with van der Waals surface area (Å²) in [6, 6.07) is 7.18. The first-order valence-electron chi connectivity index (χ1n) is 4.67. The monoisotopic (exact) mass is 227 g/mol. The van der Waals surface area contributed by atoms with Gasteiger partial charge in [-0.2, -0.15) is 0 Å². The molecule has 5 heteroatoms. The number of diazo groups is 1. The summed E-state index contributed by atoms with van der Waals surface area (Å²) in [6.45, 7) is 5.38. The largest absolute Gasteiger partial charge is 1.00 e. The van der Waals surface area contributed by atoms with Gasteiger partial charge in [-0.1, -0.05) is 0 Å². The summed E-state index contributed by atoms with van der Waals surface area (Å²) >= 11 is 0. The van der Waals surface area contributed by atoms with Crippen LogP contribution in [0.1, 0.15) is 13.8 Å². The summed E-state index contributed by atoms with van der Waals surface area (Å²) in [5.74, 6) is 0. The van der Waals surface area contributed by atoms with Gasteiger partial charge in [0, 0.05) is 18.7 Å². The van der Waals surface area contributed by atoms with Crippen molar-refractivity contribution in [2.75, 3.05) is 18.2 Å². The van der Waals surface area contributed by atoms with Crippen LogP contribution < -0.4 is 17.5 Å². The Morgan fingerprint density at radius 2 is 1.87 bits per heavy atom. The number of halogens is 1. The van der Waals surface area contributed by atoms with Crippen molar-refractivity contribution in [1.82, 2.24) is 0 Å². The molecule has 0 atom stereocenters. The van der Waals surface area contributed by atoms with E-state index in [1.54, 1.807) is 17.2 Å². The van der Waals surface area contributed by atoms with Crippen molar-refractivity contribution in [3.05, 3.63) is 29.2 Å². The SMILES string of the molecule is CCON(CC)c1ccc([N+]#N)cc1.[Cl-]. The van der Waals surface area contributed by atoms with Gasteiger partial charge >= 0.3 is 5.69 Å². The topological polar surface area (TPSA) is 40.6 Å². The Labute approximate surface area is 95.8 Å². The lowest BCUT2D eigenvalue weighted by Gasteiger charge is -2.20. The van der Waals surface area contributed by atoms with Crippen LogP contribution in [0, 0.1) is 5.39 Å². The third kappa shape index (κ3) is 3.74. The van der Waals surface area contributed by atoms with Crippen molar-refractivity contribution in [2.24, 2.45) is 0 Å². The minimum absolute atomic E-state index is 0. The van der Waals surface area contributed by atoms with E-state index < -0.39 is 0 Å². The average molecular weight is 228 g/mol. The quantitative estimate of drug-likeness (QED) is 0.535. The number of anilines is 1. The molecule has 82 valence electrons. The Morgan fingerprint density at radius 3 is 2.27 bits per heavy atom. The van der Waals surface area contributed by atoms with Crippen LogP contribution in [0.5, 0.6) is 0 Å². The fourth-order valence-electron chi connectivity index (χ4n) is 1.19. The summed E-state index contributed by atoms with van der Waals surface area (Å²) < 4.78 is 0. The van der Waals surface area contributed by atoms with E-state index in [1.807, 2.05) is 26.0 Å². The number of rotatable bonds is 4. The first-order chi connectivity index (χ1) is 6.81. The fraction of sp³-hybridized carbons (Fsp3) is 0.400. The molecular formula is C10H14ClN3O. The molecule has 0 amide bonds. The highest BCUT2D eigenvalue weighted by Crippen LogP contribution is 2.19. The van der Waals surface area contributed by atoms with Crippen LogP contribution in [0.3, 0.4) is 0 Å². The van der Waals surface area contributed by atoms with Crippen molar-refractivity contribution in [2.45, 2.75) is 13.8 Å². The number of benzene rings is 1. The van der Waals surface area contributed by atoms with Gasteiger partial charge < -0.3 is 12.4 Å². The molecule has 0 N–H and O–H groups in total. The molecule has 1 aromatic carbocycles. The Bertz CT molecular complexity index is 320. The first-order valence-corrected chi connectivity index (χ1v) is 4.67. The van der Waals surface area contributed by atoms with Crippen LogP contribution in [0.2, 0.25) is 0 Å². The van der Waals surface area contributed by atoms with Gasteiger partial charge in [0.1, 0.15) is 0 Å². The predicted molar refractivity (Wildman–Crippen MR) is 55.8 cm³/mol. The smallest absolute Gasteiger partial charge is 0.385 e. The summed E-state index contributed by atoms with van der Waals surface area (Å²) in [4.78, 5) is 8.47. The molecule has 0 fully saturated rings. The molecule has 1 aromatic rings. The van der Waals surface area contributed by atoms with Crippen LogP contribution in [-0.4, -0.2) is 13.2 Å². The average Bonchev–Trinajstić information content (AvgIpc) is 2.26. The second kappa shape index (κ2) is 7.04. The van der Waals surface area contributed by atoms with Crippen molar-refractivity contribution in [3.63, 3.8) is 0 Å². The zero-order valence-corrected chi connectivity index (χ0v) is 9.61. The van der Waals surface area contributed by atoms with Gasteiger partial charge in [0.15, 0.2) is 4.98 Å². The Balaban J connectivity index is 0.00000196. The normalized spacial score (nSPS) is 8.87. The number of nitrogens with zero attached hydrogens (tertiary/aromatic N) is 3. The van der Waals surface area contributed by atoms with Gasteiger partial charge in [0.2, 0.25) is 5.39 Å². The lowest BCUT2D eigenvalue weighted by Crippen LogP contribution is -3.00. The molecule has 0 bridgehead atoms. The third-order valence-electron chi connectivity index (χ3n) is 1.83. The number of hydroxylamine groups is 1. The van der Waals surface area contributed by atoms with E-state index in [-0.39, 0.29) is 12.4 Å². The van der Waals surface area contributed by atoms with Crippen LogP contribution in [-0.2, 0) is 4.84 Å². The maximum Gasteiger partial charge on any atom is 0.385 e. The minimum Gasteiger partial charge on any atom is -1.00 e. The van der Waals surface area contributed by atoms with Crippen LogP contribution >= 0.6 is 0 Å². The zero-order valence-electron chi connectivity index (χ0n) is 8.85. The highest BCUT2D eigenvalue weighted by molar-refractivity contribution is 5.53. The molecule has 0 saturated heterocycles. The molecule has 4 nitrogen and oxygen atoms in total.